The quantitative estimate of drug-likeness (QED) is 0.640. The average Bonchev–Trinajstić information content (AvgIpc) is 2.65. The van der Waals surface area contributed by atoms with Gasteiger partial charge in [-0.25, -0.2) is 4.18 Å². The summed E-state index contributed by atoms with van der Waals surface area (Å²) < 4.78 is 37.9. The van der Waals surface area contributed by atoms with Crippen LogP contribution in [0.25, 0.3) is 10.9 Å². The summed E-state index contributed by atoms with van der Waals surface area (Å²) in [6.07, 6.45) is 4.76. The fourth-order valence-corrected chi connectivity index (χ4v) is 5.01. The zero-order valence-corrected chi connectivity index (χ0v) is 15.2. The summed E-state index contributed by atoms with van der Waals surface area (Å²) in [5, 5.41) is 0.839. The van der Waals surface area contributed by atoms with Crippen LogP contribution < -0.4 is 0 Å². The lowest BCUT2D eigenvalue weighted by atomic mass is 9.73. The van der Waals surface area contributed by atoms with Gasteiger partial charge >= 0.3 is 10.4 Å². The Morgan fingerprint density at radius 1 is 1.35 bits per heavy atom. The molecule has 0 radical (unpaired) electrons. The Morgan fingerprint density at radius 2 is 2.15 bits per heavy atom. The molecule has 0 aliphatic carbocycles. The Morgan fingerprint density at radius 3 is 2.85 bits per heavy atom. The molecule has 1 N–H and O–H groups in total. The van der Waals surface area contributed by atoms with E-state index in [2.05, 4.69) is 16.5 Å². The van der Waals surface area contributed by atoms with Crippen LogP contribution >= 0.6 is 0 Å². The van der Waals surface area contributed by atoms with Crippen LogP contribution in [0.2, 0.25) is 0 Å². The van der Waals surface area contributed by atoms with Gasteiger partial charge in [-0.1, -0.05) is 24.3 Å². The summed E-state index contributed by atoms with van der Waals surface area (Å²) in [5.41, 5.74) is 1.51. The minimum Gasteiger partial charge on any atom is -0.297 e. The van der Waals surface area contributed by atoms with Gasteiger partial charge in [0.25, 0.3) is 0 Å². The third-order valence-electron chi connectivity index (χ3n) is 5.72. The Labute approximate surface area is 153 Å². The van der Waals surface area contributed by atoms with E-state index in [4.69, 9.17) is 4.18 Å². The predicted molar refractivity (Wildman–Crippen MR) is 98.9 cm³/mol. The lowest BCUT2D eigenvalue weighted by molar-refractivity contribution is -0.0365. The Kier molecular flexibility index (Phi) is 4.56. The smallest absolute Gasteiger partial charge is 0.297 e. The third kappa shape index (κ3) is 3.27. The highest BCUT2D eigenvalue weighted by Crippen LogP contribution is 2.43. The second-order valence-corrected chi connectivity index (χ2v) is 8.16. The van der Waals surface area contributed by atoms with Gasteiger partial charge in [0.15, 0.2) is 0 Å². The van der Waals surface area contributed by atoms with Crippen molar-refractivity contribution in [3.8, 4) is 0 Å². The van der Waals surface area contributed by atoms with Gasteiger partial charge in [0.05, 0.1) is 5.52 Å². The molecular weight excluding hydrogens is 352 g/mol. The second-order valence-electron chi connectivity index (χ2n) is 7.11. The van der Waals surface area contributed by atoms with Crippen LogP contribution in [0.1, 0.15) is 24.5 Å². The molecule has 138 valence electrons. The first-order chi connectivity index (χ1) is 12.5. The van der Waals surface area contributed by atoms with Gasteiger partial charge in [0, 0.05) is 24.2 Å². The predicted octanol–water partition coefficient (Wildman–Crippen LogP) is 2.99. The van der Waals surface area contributed by atoms with Crippen molar-refractivity contribution in [3.05, 3.63) is 54.7 Å². The van der Waals surface area contributed by atoms with E-state index in [9.17, 15) is 13.0 Å². The molecule has 3 aliphatic heterocycles. The molecule has 5 atom stereocenters. The first kappa shape index (κ1) is 17.6. The number of nitrogens with zero attached hydrogens (tertiary/aromatic N) is 2. The summed E-state index contributed by atoms with van der Waals surface area (Å²) in [7, 11) is -4.59. The van der Waals surface area contributed by atoms with E-state index in [0.717, 1.165) is 42.4 Å². The molecule has 0 saturated carbocycles. The summed E-state index contributed by atoms with van der Waals surface area (Å²) >= 11 is 0. The van der Waals surface area contributed by atoms with Crippen molar-refractivity contribution < 1.29 is 17.2 Å². The van der Waals surface area contributed by atoms with Gasteiger partial charge in [0.2, 0.25) is 0 Å². The third-order valence-corrected chi connectivity index (χ3v) is 6.17. The van der Waals surface area contributed by atoms with Crippen molar-refractivity contribution in [2.45, 2.75) is 25.0 Å². The lowest BCUT2D eigenvalue weighted by Gasteiger charge is -2.51. The first-order valence-electron chi connectivity index (χ1n) is 8.82. The molecule has 5 rings (SSSR count). The molecule has 26 heavy (non-hydrogen) atoms. The maximum absolute atomic E-state index is 11.6. The summed E-state index contributed by atoms with van der Waals surface area (Å²) in [6, 6.07) is 9.23. The number of rotatable bonds is 5. The first-order valence-corrected chi connectivity index (χ1v) is 10.2. The fraction of sp³-hybridized carbons (Fsp3) is 0.421. The van der Waals surface area contributed by atoms with Gasteiger partial charge in [-0.3, -0.25) is 14.4 Å². The fourth-order valence-electron chi connectivity index (χ4n) is 4.51. The Bertz CT molecular complexity index is 925. The normalized spacial score (nSPS) is 29.6. The molecule has 1 aromatic carbocycles. The van der Waals surface area contributed by atoms with E-state index in [-0.39, 0.29) is 6.04 Å². The Balaban J connectivity index is 1.77. The van der Waals surface area contributed by atoms with Crippen molar-refractivity contribution in [2.75, 3.05) is 13.1 Å². The van der Waals surface area contributed by atoms with Crippen LogP contribution in [-0.2, 0) is 14.6 Å². The molecule has 4 heterocycles. The van der Waals surface area contributed by atoms with Crippen LogP contribution in [0.3, 0.4) is 0 Å². The van der Waals surface area contributed by atoms with Gasteiger partial charge in [-0.05, 0) is 48.9 Å². The standard InChI is InChI=1S/C19H22N2O4S/c1-2-13-12-21-10-8-14(13)11-18(21)19(25-26(22,23)24)16-7-9-20-17-6-4-3-5-15(16)17/h2-7,9,13-14,18-19H,1,8,10-12H2,(H,22,23,24)/t13-,14+,18-,19+/m0/s1. The van der Waals surface area contributed by atoms with Crippen LogP contribution in [0, 0.1) is 11.8 Å². The number of hydrogen-bond acceptors (Lipinski definition) is 5. The van der Waals surface area contributed by atoms with E-state index in [1.54, 1.807) is 12.3 Å². The zero-order chi connectivity index (χ0) is 18.3. The molecule has 0 amide bonds. The van der Waals surface area contributed by atoms with Crippen LogP contribution in [-0.4, -0.2) is 42.0 Å². The average molecular weight is 374 g/mol. The lowest BCUT2D eigenvalue weighted by Crippen LogP contribution is -2.55. The van der Waals surface area contributed by atoms with E-state index in [1.165, 1.54) is 0 Å². The summed E-state index contributed by atoms with van der Waals surface area (Å²) in [4.78, 5) is 6.61. The molecular formula is C19H22N2O4S. The van der Waals surface area contributed by atoms with Gasteiger partial charge in [-0.15, -0.1) is 6.58 Å². The van der Waals surface area contributed by atoms with Crippen molar-refractivity contribution in [1.29, 1.82) is 0 Å². The highest BCUT2D eigenvalue weighted by molar-refractivity contribution is 7.80. The molecule has 6 nitrogen and oxygen atoms in total. The van der Waals surface area contributed by atoms with Gasteiger partial charge < -0.3 is 0 Å². The maximum atomic E-state index is 11.6. The molecule has 3 saturated heterocycles. The zero-order valence-electron chi connectivity index (χ0n) is 14.4. The van der Waals surface area contributed by atoms with Crippen molar-refractivity contribution >= 4 is 21.3 Å². The van der Waals surface area contributed by atoms with Crippen LogP contribution in [0.4, 0.5) is 0 Å². The summed E-state index contributed by atoms with van der Waals surface area (Å²) in [5.74, 6) is 0.878. The molecule has 0 spiro atoms. The number of hydrogen-bond donors (Lipinski definition) is 1. The molecule has 1 unspecified atom stereocenters. The molecule has 1 aromatic heterocycles. The van der Waals surface area contributed by atoms with E-state index in [1.807, 2.05) is 30.3 Å². The van der Waals surface area contributed by atoms with Crippen molar-refractivity contribution in [2.24, 2.45) is 11.8 Å². The molecule has 7 heteroatoms. The van der Waals surface area contributed by atoms with E-state index >= 15 is 0 Å². The second kappa shape index (κ2) is 6.74. The monoisotopic (exact) mass is 374 g/mol. The SMILES string of the molecule is C=C[C@H]1CN2CC[C@@H]1C[C@H]2[C@H](OS(=O)(=O)O)c1ccnc2ccccc12. The number of para-hydroxylation sites is 1. The number of aromatic nitrogens is 1. The number of piperidine rings is 3. The number of benzene rings is 1. The Hall–Kier alpha value is -1.80. The van der Waals surface area contributed by atoms with Crippen LogP contribution in [0.15, 0.2) is 49.2 Å². The highest BCUT2D eigenvalue weighted by atomic mass is 32.3. The highest BCUT2D eigenvalue weighted by Gasteiger charge is 2.44. The summed E-state index contributed by atoms with van der Waals surface area (Å²) in [6.45, 7) is 5.67. The minimum atomic E-state index is -4.59. The van der Waals surface area contributed by atoms with Crippen LogP contribution in [0.5, 0.6) is 0 Å². The molecule has 3 fully saturated rings. The van der Waals surface area contributed by atoms with Gasteiger partial charge in [0.1, 0.15) is 6.10 Å². The van der Waals surface area contributed by atoms with Crippen molar-refractivity contribution in [3.63, 3.8) is 0 Å². The molecule has 2 bridgehead atoms. The molecule has 3 aliphatic rings. The van der Waals surface area contributed by atoms with Gasteiger partial charge in [-0.2, -0.15) is 8.42 Å². The largest absolute Gasteiger partial charge is 0.398 e. The number of pyridine rings is 1. The minimum absolute atomic E-state index is 0.113. The maximum Gasteiger partial charge on any atom is 0.398 e. The topological polar surface area (TPSA) is 79.7 Å². The van der Waals surface area contributed by atoms with E-state index < -0.39 is 16.5 Å². The number of fused-ring (bicyclic) bond motifs is 4. The van der Waals surface area contributed by atoms with E-state index in [0.29, 0.717) is 11.8 Å². The molecule has 2 aromatic rings. The van der Waals surface area contributed by atoms with Crippen molar-refractivity contribution in [1.82, 2.24) is 9.88 Å².